The first-order valence-corrected chi connectivity index (χ1v) is 5.86. The van der Waals surface area contributed by atoms with E-state index >= 15 is 0 Å². The van der Waals surface area contributed by atoms with Crippen molar-refractivity contribution in [3.63, 3.8) is 0 Å². The van der Waals surface area contributed by atoms with E-state index in [0.717, 1.165) is 23.1 Å². The number of fused-ring (bicyclic) bond motifs is 1. The van der Waals surface area contributed by atoms with Crippen molar-refractivity contribution >= 4 is 10.9 Å². The normalized spacial score (nSPS) is 13.2. The van der Waals surface area contributed by atoms with E-state index in [-0.39, 0.29) is 6.10 Å². The van der Waals surface area contributed by atoms with E-state index in [1.807, 2.05) is 31.3 Å². The van der Waals surface area contributed by atoms with Crippen molar-refractivity contribution in [1.82, 2.24) is 9.88 Å². The van der Waals surface area contributed by atoms with Gasteiger partial charge in [-0.15, -0.1) is 0 Å². The highest BCUT2D eigenvalue weighted by atomic mass is 16.3. The Morgan fingerprint density at radius 3 is 2.76 bits per heavy atom. The second-order valence-electron chi connectivity index (χ2n) is 4.54. The number of nitrogens with zero attached hydrogens (tertiary/aromatic N) is 2. The Labute approximate surface area is 102 Å². The Kier molecular flexibility index (Phi) is 3.71. The summed E-state index contributed by atoms with van der Waals surface area (Å²) in [6, 6.07) is 12.2. The van der Waals surface area contributed by atoms with Crippen LogP contribution in [-0.4, -0.2) is 34.7 Å². The predicted molar refractivity (Wildman–Crippen MR) is 69.8 cm³/mol. The zero-order valence-electron chi connectivity index (χ0n) is 10.3. The molecular formula is C14H18N2O. The molecule has 1 aromatic heterocycles. The van der Waals surface area contributed by atoms with Gasteiger partial charge in [0, 0.05) is 18.5 Å². The number of hydrogen-bond donors (Lipinski definition) is 1. The summed E-state index contributed by atoms with van der Waals surface area (Å²) in [4.78, 5) is 6.67. The molecule has 3 heteroatoms. The van der Waals surface area contributed by atoms with Gasteiger partial charge in [0.15, 0.2) is 0 Å². The Morgan fingerprint density at radius 2 is 2.00 bits per heavy atom. The van der Waals surface area contributed by atoms with Crippen LogP contribution in [-0.2, 0) is 6.54 Å². The van der Waals surface area contributed by atoms with Gasteiger partial charge in [-0.3, -0.25) is 9.88 Å². The summed E-state index contributed by atoms with van der Waals surface area (Å²) in [5.74, 6) is 0. The Morgan fingerprint density at radius 1 is 1.24 bits per heavy atom. The maximum absolute atomic E-state index is 9.31. The van der Waals surface area contributed by atoms with Crippen molar-refractivity contribution in [3.05, 3.63) is 42.1 Å². The van der Waals surface area contributed by atoms with Gasteiger partial charge in [-0.05, 0) is 26.1 Å². The lowest BCUT2D eigenvalue weighted by Crippen LogP contribution is -2.27. The number of pyridine rings is 1. The standard InChI is InChI=1S/C14H18N2O/c1-11(17)9-16(2)10-13-8-7-12-5-3-4-6-14(12)15-13/h3-8,11,17H,9-10H2,1-2H3. The fourth-order valence-corrected chi connectivity index (χ4v) is 1.99. The number of aromatic nitrogens is 1. The van der Waals surface area contributed by atoms with Gasteiger partial charge in [0.1, 0.15) is 0 Å². The average molecular weight is 230 g/mol. The third-order valence-electron chi connectivity index (χ3n) is 2.66. The van der Waals surface area contributed by atoms with E-state index < -0.39 is 0 Å². The molecule has 1 aromatic carbocycles. The van der Waals surface area contributed by atoms with E-state index in [1.165, 1.54) is 0 Å². The van der Waals surface area contributed by atoms with Crippen molar-refractivity contribution in [1.29, 1.82) is 0 Å². The molecule has 0 aliphatic carbocycles. The van der Waals surface area contributed by atoms with E-state index in [2.05, 4.69) is 22.0 Å². The van der Waals surface area contributed by atoms with Gasteiger partial charge >= 0.3 is 0 Å². The molecule has 0 saturated heterocycles. The molecule has 0 aliphatic rings. The summed E-state index contributed by atoms with van der Waals surface area (Å²) in [6.07, 6.45) is -0.305. The van der Waals surface area contributed by atoms with Crippen LogP contribution in [0, 0.1) is 0 Å². The maximum Gasteiger partial charge on any atom is 0.0705 e. The van der Waals surface area contributed by atoms with Crippen LogP contribution < -0.4 is 0 Å². The van der Waals surface area contributed by atoms with E-state index in [9.17, 15) is 5.11 Å². The quantitative estimate of drug-likeness (QED) is 0.873. The summed E-state index contributed by atoms with van der Waals surface area (Å²) < 4.78 is 0. The topological polar surface area (TPSA) is 36.4 Å². The van der Waals surface area contributed by atoms with Gasteiger partial charge in [0.2, 0.25) is 0 Å². The molecule has 0 bridgehead atoms. The van der Waals surface area contributed by atoms with Gasteiger partial charge < -0.3 is 5.11 Å². The van der Waals surface area contributed by atoms with Crippen molar-refractivity contribution in [2.75, 3.05) is 13.6 Å². The number of hydrogen-bond acceptors (Lipinski definition) is 3. The SMILES string of the molecule is CC(O)CN(C)Cc1ccc2ccccc2n1. The molecule has 0 radical (unpaired) electrons. The van der Waals surface area contributed by atoms with Crippen molar-refractivity contribution in [2.24, 2.45) is 0 Å². The lowest BCUT2D eigenvalue weighted by atomic mass is 10.2. The Bertz CT molecular complexity index is 496. The molecule has 0 saturated carbocycles. The van der Waals surface area contributed by atoms with Gasteiger partial charge in [0.05, 0.1) is 17.3 Å². The molecule has 90 valence electrons. The molecule has 0 aliphatic heterocycles. The molecule has 17 heavy (non-hydrogen) atoms. The molecule has 0 amide bonds. The minimum atomic E-state index is -0.305. The van der Waals surface area contributed by atoms with Crippen molar-refractivity contribution in [2.45, 2.75) is 19.6 Å². The van der Waals surface area contributed by atoms with Gasteiger partial charge in [-0.1, -0.05) is 24.3 Å². The molecule has 2 rings (SSSR count). The van der Waals surface area contributed by atoms with Crippen LogP contribution in [0.1, 0.15) is 12.6 Å². The average Bonchev–Trinajstić information content (AvgIpc) is 2.27. The first kappa shape index (κ1) is 12.0. The second kappa shape index (κ2) is 5.25. The Balaban J connectivity index is 2.14. The van der Waals surface area contributed by atoms with Gasteiger partial charge in [-0.25, -0.2) is 0 Å². The maximum atomic E-state index is 9.31. The lowest BCUT2D eigenvalue weighted by molar-refractivity contribution is 0.138. The van der Waals surface area contributed by atoms with Crippen molar-refractivity contribution in [3.8, 4) is 0 Å². The zero-order valence-corrected chi connectivity index (χ0v) is 10.3. The lowest BCUT2D eigenvalue weighted by Gasteiger charge is -2.17. The second-order valence-corrected chi connectivity index (χ2v) is 4.54. The monoisotopic (exact) mass is 230 g/mol. The molecule has 0 fully saturated rings. The molecule has 1 atom stereocenters. The summed E-state index contributed by atoms with van der Waals surface area (Å²) in [7, 11) is 1.99. The number of para-hydroxylation sites is 1. The van der Waals surface area contributed by atoms with Crippen LogP contribution in [0.5, 0.6) is 0 Å². The molecule has 2 aromatic rings. The summed E-state index contributed by atoms with van der Waals surface area (Å²) in [5.41, 5.74) is 2.06. The first-order valence-electron chi connectivity index (χ1n) is 5.86. The third kappa shape index (κ3) is 3.25. The van der Waals surface area contributed by atoms with Crippen LogP contribution in [0.2, 0.25) is 0 Å². The number of aliphatic hydroxyl groups excluding tert-OH is 1. The van der Waals surface area contributed by atoms with E-state index in [4.69, 9.17) is 0 Å². The van der Waals surface area contributed by atoms with E-state index in [1.54, 1.807) is 6.92 Å². The van der Waals surface area contributed by atoms with Crippen molar-refractivity contribution < 1.29 is 5.11 Å². The first-order chi connectivity index (χ1) is 8.15. The minimum Gasteiger partial charge on any atom is -0.392 e. The van der Waals surface area contributed by atoms with Crippen LogP contribution in [0.25, 0.3) is 10.9 Å². The number of likely N-dealkylation sites (N-methyl/N-ethyl adjacent to an activating group) is 1. The molecule has 3 nitrogen and oxygen atoms in total. The molecule has 1 heterocycles. The summed E-state index contributed by atoms with van der Waals surface area (Å²) in [5, 5.41) is 10.5. The predicted octanol–water partition coefficient (Wildman–Crippen LogP) is 2.05. The summed E-state index contributed by atoms with van der Waals surface area (Å²) in [6.45, 7) is 3.22. The van der Waals surface area contributed by atoms with Crippen LogP contribution in [0.4, 0.5) is 0 Å². The van der Waals surface area contributed by atoms with Crippen LogP contribution in [0.15, 0.2) is 36.4 Å². The highest BCUT2D eigenvalue weighted by Gasteiger charge is 2.05. The number of rotatable bonds is 4. The molecule has 1 N–H and O–H groups in total. The van der Waals surface area contributed by atoms with Gasteiger partial charge in [-0.2, -0.15) is 0 Å². The molecule has 1 unspecified atom stereocenters. The molecular weight excluding hydrogens is 212 g/mol. The molecule has 0 spiro atoms. The third-order valence-corrected chi connectivity index (χ3v) is 2.66. The van der Waals surface area contributed by atoms with Crippen LogP contribution in [0.3, 0.4) is 0 Å². The highest BCUT2D eigenvalue weighted by Crippen LogP contribution is 2.12. The fraction of sp³-hybridized carbons (Fsp3) is 0.357. The minimum absolute atomic E-state index is 0.305. The van der Waals surface area contributed by atoms with Crippen LogP contribution >= 0.6 is 0 Å². The fourth-order valence-electron chi connectivity index (χ4n) is 1.99. The number of benzene rings is 1. The smallest absolute Gasteiger partial charge is 0.0705 e. The largest absolute Gasteiger partial charge is 0.392 e. The Hall–Kier alpha value is -1.45. The van der Waals surface area contributed by atoms with Gasteiger partial charge in [0.25, 0.3) is 0 Å². The summed E-state index contributed by atoms with van der Waals surface area (Å²) >= 11 is 0. The highest BCUT2D eigenvalue weighted by molar-refractivity contribution is 5.78. The van der Waals surface area contributed by atoms with E-state index in [0.29, 0.717) is 6.54 Å². The zero-order chi connectivity index (χ0) is 12.3. The number of aliphatic hydroxyl groups is 1.